The smallest absolute Gasteiger partial charge is 0.271 e. The molecule has 0 atom stereocenters. The van der Waals surface area contributed by atoms with Gasteiger partial charge in [0.05, 0.1) is 10.6 Å². The molecule has 0 aromatic heterocycles. The predicted octanol–water partition coefficient (Wildman–Crippen LogP) is 3.22. The van der Waals surface area contributed by atoms with Crippen molar-refractivity contribution in [3.05, 3.63) is 27.8 Å². The van der Waals surface area contributed by atoms with E-state index in [1.807, 2.05) is 11.9 Å². The molecule has 2 rings (SSSR count). The second-order valence-corrected chi connectivity index (χ2v) is 10.6. The number of halogens is 2. The van der Waals surface area contributed by atoms with Crippen LogP contribution < -0.4 is 4.90 Å². The van der Waals surface area contributed by atoms with Crippen molar-refractivity contribution in [1.82, 2.24) is 9.21 Å². The molecular weight excluding hydrogens is 528 g/mol. The highest BCUT2D eigenvalue weighted by Gasteiger charge is 2.32. The number of hydrogen-bond acceptors (Lipinski definition) is 6. The second-order valence-electron chi connectivity index (χ2n) is 7.15. The maximum absolute atomic E-state index is 13.6. The van der Waals surface area contributed by atoms with E-state index in [0.29, 0.717) is 48.1 Å². The van der Waals surface area contributed by atoms with Gasteiger partial charge in [-0.15, -0.1) is 0 Å². The van der Waals surface area contributed by atoms with Gasteiger partial charge in [0.25, 0.3) is 5.69 Å². The topological polar surface area (TPSA) is 87.0 Å². The van der Waals surface area contributed by atoms with E-state index in [0.717, 1.165) is 25.9 Å². The number of non-ortho nitro benzene ring substituents is 1. The van der Waals surface area contributed by atoms with Gasteiger partial charge >= 0.3 is 0 Å². The monoisotopic (exact) mass is 554 g/mol. The first kappa shape index (κ1) is 24.5. The van der Waals surface area contributed by atoms with Crippen molar-refractivity contribution in [2.75, 3.05) is 61.9 Å². The van der Waals surface area contributed by atoms with Gasteiger partial charge in [0.1, 0.15) is 4.90 Å². The molecule has 1 aliphatic heterocycles. The number of alkyl halides is 2. The van der Waals surface area contributed by atoms with Crippen LogP contribution in [0.25, 0.3) is 0 Å². The van der Waals surface area contributed by atoms with Gasteiger partial charge in [-0.2, -0.15) is 4.31 Å². The summed E-state index contributed by atoms with van der Waals surface area (Å²) in [6.45, 7) is 5.39. The molecule has 0 N–H and O–H groups in total. The van der Waals surface area contributed by atoms with Crippen LogP contribution in [0.4, 0.5) is 11.4 Å². The summed E-state index contributed by atoms with van der Waals surface area (Å²) in [5.74, 6) is 0. The van der Waals surface area contributed by atoms with E-state index < -0.39 is 14.9 Å². The lowest BCUT2D eigenvalue weighted by Gasteiger charge is -2.31. The zero-order chi connectivity index (χ0) is 21.6. The standard InChI is InChI=1S/C18H28Br2N4O4S/c1-15-13-16(24(25)26)14-17(18(15)22(11-5-19)12-6-20)29(27,28)23-9-3-7-21(2)8-4-10-23/h13-14H,3-12H2,1-2H3. The van der Waals surface area contributed by atoms with Crippen molar-refractivity contribution in [3.8, 4) is 0 Å². The molecule has 0 saturated carbocycles. The lowest BCUT2D eigenvalue weighted by Crippen LogP contribution is -2.39. The maximum atomic E-state index is 13.6. The molecule has 1 saturated heterocycles. The number of hydrogen-bond donors (Lipinski definition) is 0. The Labute approximate surface area is 189 Å². The minimum absolute atomic E-state index is 0.0278. The summed E-state index contributed by atoms with van der Waals surface area (Å²) in [4.78, 5) is 15.1. The molecule has 29 heavy (non-hydrogen) atoms. The number of nitro groups is 1. The fraction of sp³-hybridized carbons (Fsp3) is 0.667. The summed E-state index contributed by atoms with van der Waals surface area (Å²) in [6.07, 6.45) is 1.46. The van der Waals surface area contributed by atoms with E-state index >= 15 is 0 Å². The average Bonchev–Trinajstić information content (AvgIpc) is 2.63. The molecule has 1 fully saturated rings. The Morgan fingerprint density at radius 3 is 2.14 bits per heavy atom. The third kappa shape index (κ3) is 6.13. The van der Waals surface area contributed by atoms with E-state index in [-0.39, 0.29) is 10.6 Å². The number of rotatable bonds is 8. The normalized spacial score (nSPS) is 17.0. The second kappa shape index (κ2) is 11.0. The van der Waals surface area contributed by atoms with Crippen LogP contribution >= 0.6 is 31.9 Å². The molecule has 0 radical (unpaired) electrons. The number of benzene rings is 1. The highest BCUT2D eigenvalue weighted by Crippen LogP contribution is 2.35. The van der Waals surface area contributed by atoms with Gasteiger partial charge in [0.2, 0.25) is 10.0 Å². The van der Waals surface area contributed by atoms with Crippen LogP contribution in [0.1, 0.15) is 18.4 Å². The Morgan fingerprint density at radius 1 is 1.10 bits per heavy atom. The van der Waals surface area contributed by atoms with Gasteiger partial charge in [-0.3, -0.25) is 10.1 Å². The Balaban J connectivity index is 2.58. The SMILES string of the molecule is Cc1cc([N+](=O)[O-])cc(S(=O)(=O)N2CCCN(C)CCC2)c1N(CCBr)CCBr. The first-order valence-electron chi connectivity index (χ1n) is 9.57. The Morgan fingerprint density at radius 2 is 1.66 bits per heavy atom. The molecule has 11 heteroatoms. The van der Waals surface area contributed by atoms with E-state index in [9.17, 15) is 18.5 Å². The van der Waals surface area contributed by atoms with Crippen molar-refractivity contribution in [2.24, 2.45) is 0 Å². The van der Waals surface area contributed by atoms with Gasteiger partial charge in [-0.05, 0) is 45.5 Å². The minimum atomic E-state index is -3.87. The van der Waals surface area contributed by atoms with Crippen LogP contribution in [-0.4, -0.2) is 79.5 Å². The Bertz CT molecular complexity index is 806. The molecular formula is C18H28Br2N4O4S. The van der Waals surface area contributed by atoms with Gasteiger partial charge in [0.15, 0.2) is 0 Å². The van der Waals surface area contributed by atoms with Gasteiger partial charge in [-0.25, -0.2) is 8.42 Å². The largest absolute Gasteiger partial charge is 0.369 e. The van der Waals surface area contributed by atoms with Gasteiger partial charge in [-0.1, -0.05) is 31.9 Å². The fourth-order valence-electron chi connectivity index (χ4n) is 3.61. The quantitative estimate of drug-likeness (QED) is 0.278. The molecule has 0 amide bonds. The number of sulfonamides is 1. The summed E-state index contributed by atoms with van der Waals surface area (Å²) in [7, 11) is -1.84. The van der Waals surface area contributed by atoms with Crippen LogP contribution in [-0.2, 0) is 10.0 Å². The third-order valence-electron chi connectivity index (χ3n) is 5.00. The minimum Gasteiger partial charge on any atom is -0.369 e. The van der Waals surface area contributed by atoms with Crippen molar-refractivity contribution in [2.45, 2.75) is 24.7 Å². The Hall–Kier alpha value is -0.750. The number of aryl methyl sites for hydroxylation is 1. The molecule has 1 heterocycles. The van der Waals surface area contributed by atoms with Crippen molar-refractivity contribution >= 4 is 53.3 Å². The predicted molar refractivity (Wildman–Crippen MR) is 123 cm³/mol. The van der Waals surface area contributed by atoms with Crippen molar-refractivity contribution in [3.63, 3.8) is 0 Å². The van der Waals surface area contributed by atoms with Crippen LogP contribution in [0.15, 0.2) is 17.0 Å². The first-order valence-corrected chi connectivity index (χ1v) is 13.2. The van der Waals surface area contributed by atoms with Crippen LogP contribution in [0, 0.1) is 17.0 Å². The van der Waals surface area contributed by atoms with E-state index in [2.05, 4.69) is 36.8 Å². The molecule has 1 aromatic carbocycles. The van der Waals surface area contributed by atoms with Gasteiger partial charge < -0.3 is 9.80 Å². The first-order chi connectivity index (χ1) is 13.7. The summed E-state index contributed by atoms with van der Waals surface area (Å²) in [6, 6.07) is 2.67. The van der Waals surface area contributed by atoms with E-state index in [1.165, 1.54) is 16.4 Å². The molecule has 164 valence electrons. The van der Waals surface area contributed by atoms with Gasteiger partial charge in [0, 0.05) is 49.0 Å². The maximum Gasteiger partial charge on any atom is 0.271 e. The average molecular weight is 556 g/mol. The summed E-state index contributed by atoms with van der Waals surface area (Å²) in [5.41, 5.74) is 0.939. The van der Waals surface area contributed by atoms with Crippen molar-refractivity contribution in [1.29, 1.82) is 0 Å². The van der Waals surface area contributed by atoms with Crippen LogP contribution in [0.3, 0.4) is 0 Å². The lowest BCUT2D eigenvalue weighted by molar-refractivity contribution is -0.385. The highest BCUT2D eigenvalue weighted by molar-refractivity contribution is 9.09. The zero-order valence-corrected chi connectivity index (χ0v) is 20.8. The van der Waals surface area contributed by atoms with Crippen molar-refractivity contribution < 1.29 is 13.3 Å². The van der Waals surface area contributed by atoms with Crippen LogP contribution in [0.5, 0.6) is 0 Å². The molecule has 1 aromatic rings. The molecule has 0 aliphatic carbocycles. The summed E-state index contributed by atoms with van der Waals surface area (Å²) in [5, 5.41) is 12.8. The van der Waals surface area contributed by atoms with E-state index in [4.69, 9.17) is 0 Å². The third-order valence-corrected chi connectivity index (χ3v) is 7.62. The lowest BCUT2D eigenvalue weighted by atomic mass is 10.1. The molecule has 8 nitrogen and oxygen atoms in total. The summed E-state index contributed by atoms with van der Waals surface area (Å²) >= 11 is 6.85. The van der Waals surface area contributed by atoms with E-state index in [1.54, 1.807) is 6.92 Å². The molecule has 0 spiro atoms. The fourth-order valence-corrected chi connectivity index (χ4v) is 6.29. The molecule has 1 aliphatic rings. The Kier molecular flexibility index (Phi) is 9.33. The number of nitro benzene ring substituents is 1. The number of nitrogens with zero attached hydrogens (tertiary/aromatic N) is 4. The molecule has 0 unspecified atom stereocenters. The highest BCUT2D eigenvalue weighted by atomic mass is 79.9. The summed E-state index contributed by atoms with van der Waals surface area (Å²) < 4.78 is 28.8. The number of anilines is 1. The van der Waals surface area contributed by atoms with Crippen LogP contribution in [0.2, 0.25) is 0 Å². The molecule has 0 bridgehead atoms. The zero-order valence-electron chi connectivity index (χ0n) is 16.8.